The maximum absolute atomic E-state index is 9.41. The van der Waals surface area contributed by atoms with Crippen molar-refractivity contribution < 1.29 is 5.11 Å². The molecule has 1 N–H and O–H groups in total. The number of hydrogen-bond acceptors (Lipinski definition) is 1. The topological polar surface area (TPSA) is 24.6 Å². The lowest BCUT2D eigenvalue weighted by Crippen LogP contribution is -2.38. The molecule has 0 aromatic heterocycles. The molecule has 56 valence electrons. The summed E-state index contributed by atoms with van der Waals surface area (Å²) in [6, 6.07) is 0. The Kier molecular flexibility index (Phi) is 1.96. The predicted molar refractivity (Wildman–Crippen MR) is 39.5 cm³/mol. The van der Waals surface area contributed by atoms with Crippen molar-refractivity contribution in [3.8, 4) is 0 Å². The number of hydrogen-bond donors (Lipinski definition) is 1. The first-order valence-corrected chi connectivity index (χ1v) is 3.76. The molecule has 0 spiro atoms. The monoisotopic (exact) mass is 139 g/mol. The van der Waals surface area contributed by atoms with Gasteiger partial charge in [0, 0.05) is 13.3 Å². The molecular formula is C8H13NO. The highest BCUT2D eigenvalue weighted by atomic mass is 16.3. The normalized spacial score (nSPS) is 40.7. The molecule has 1 fully saturated rings. The Morgan fingerprint density at radius 2 is 2.30 bits per heavy atom. The van der Waals surface area contributed by atoms with E-state index in [-0.39, 0.29) is 0 Å². The molecule has 0 bridgehead atoms. The average molecular weight is 139 g/mol. The van der Waals surface area contributed by atoms with Crippen molar-refractivity contribution in [3.05, 3.63) is 11.4 Å². The molecular weight excluding hydrogens is 126 g/mol. The number of nitrogens with zero attached hydrogens (tertiary/aromatic N) is 1. The quantitative estimate of drug-likeness (QED) is 0.506. The number of rotatable bonds is 0. The first-order chi connectivity index (χ1) is 4.69. The van der Waals surface area contributed by atoms with Gasteiger partial charge in [0.1, 0.15) is 6.10 Å². The molecule has 0 aromatic carbocycles. The van der Waals surface area contributed by atoms with E-state index in [9.17, 15) is 5.11 Å². The molecule has 0 radical (unpaired) electrons. The van der Waals surface area contributed by atoms with Gasteiger partial charge in [-0.25, -0.2) is 6.57 Å². The molecule has 1 saturated carbocycles. The fourth-order valence-electron chi connectivity index (χ4n) is 1.43. The van der Waals surface area contributed by atoms with Crippen molar-refractivity contribution in [1.82, 2.24) is 0 Å². The van der Waals surface area contributed by atoms with Crippen molar-refractivity contribution in [2.24, 2.45) is 0 Å². The Labute approximate surface area is 61.7 Å². The van der Waals surface area contributed by atoms with Crippen LogP contribution in [0.15, 0.2) is 0 Å². The van der Waals surface area contributed by atoms with Crippen LogP contribution in [0.3, 0.4) is 0 Å². The highest BCUT2D eigenvalue weighted by molar-refractivity contribution is 5.02. The first-order valence-electron chi connectivity index (χ1n) is 3.76. The lowest BCUT2D eigenvalue weighted by atomic mass is 9.81. The second kappa shape index (κ2) is 2.59. The van der Waals surface area contributed by atoms with Gasteiger partial charge < -0.3 is 9.95 Å². The van der Waals surface area contributed by atoms with Crippen molar-refractivity contribution >= 4 is 0 Å². The molecule has 1 aliphatic rings. The summed E-state index contributed by atoms with van der Waals surface area (Å²) in [7, 11) is 0. The summed E-state index contributed by atoms with van der Waals surface area (Å²) in [5, 5.41) is 9.41. The second-order valence-corrected chi connectivity index (χ2v) is 3.23. The molecule has 1 rings (SSSR count). The molecule has 0 heterocycles. The second-order valence-electron chi connectivity index (χ2n) is 3.23. The Bertz CT molecular complexity index is 161. The molecule has 2 nitrogen and oxygen atoms in total. The van der Waals surface area contributed by atoms with Crippen LogP contribution in [0.1, 0.15) is 32.6 Å². The van der Waals surface area contributed by atoms with E-state index in [1.54, 1.807) is 0 Å². The summed E-state index contributed by atoms with van der Waals surface area (Å²) in [5.74, 6) is 0. The number of aliphatic hydroxyl groups is 1. The zero-order valence-corrected chi connectivity index (χ0v) is 6.30. The molecule has 0 saturated heterocycles. The van der Waals surface area contributed by atoms with Gasteiger partial charge in [-0.05, 0) is 12.8 Å². The van der Waals surface area contributed by atoms with E-state index in [2.05, 4.69) is 4.85 Å². The highest BCUT2D eigenvalue weighted by Gasteiger charge is 2.41. The Morgan fingerprint density at radius 1 is 1.60 bits per heavy atom. The van der Waals surface area contributed by atoms with Crippen molar-refractivity contribution in [3.63, 3.8) is 0 Å². The van der Waals surface area contributed by atoms with Gasteiger partial charge in [0.15, 0.2) is 0 Å². The molecule has 0 aliphatic heterocycles. The largest absolute Gasteiger partial charge is 0.385 e. The highest BCUT2D eigenvalue weighted by Crippen LogP contribution is 2.31. The van der Waals surface area contributed by atoms with Gasteiger partial charge >= 0.3 is 0 Å². The van der Waals surface area contributed by atoms with Gasteiger partial charge in [-0.3, -0.25) is 0 Å². The van der Waals surface area contributed by atoms with E-state index in [0.29, 0.717) is 0 Å². The third-order valence-electron chi connectivity index (χ3n) is 2.38. The van der Waals surface area contributed by atoms with E-state index in [0.717, 1.165) is 25.7 Å². The SMILES string of the molecule is [C-]#[N+]C1(C)CCCCC1O. The fraction of sp³-hybridized carbons (Fsp3) is 0.875. The summed E-state index contributed by atoms with van der Waals surface area (Å²) < 4.78 is 0. The lowest BCUT2D eigenvalue weighted by Gasteiger charge is -2.27. The van der Waals surface area contributed by atoms with Crippen LogP contribution in [0, 0.1) is 6.57 Å². The maximum Gasteiger partial charge on any atom is 0.255 e. The third kappa shape index (κ3) is 1.15. The van der Waals surface area contributed by atoms with E-state index in [1.807, 2.05) is 6.92 Å². The van der Waals surface area contributed by atoms with Gasteiger partial charge in [0.05, 0.1) is 0 Å². The smallest absolute Gasteiger partial charge is 0.255 e. The van der Waals surface area contributed by atoms with Crippen molar-refractivity contribution in [2.75, 3.05) is 0 Å². The van der Waals surface area contributed by atoms with Crippen molar-refractivity contribution in [1.29, 1.82) is 0 Å². The molecule has 0 amide bonds. The molecule has 2 heteroatoms. The van der Waals surface area contributed by atoms with Gasteiger partial charge in [-0.15, -0.1) is 0 Å². The summed E-state index contributed by atoms with van der Waals surface area (Å²) in [4.78, 5) is 3.46. The zero-order chi connectivity index (χ0) is 7.61. The average Bonchev–Trinajstić information content (AvgIpc) is 1.96. The molecule has 2 atom stereocenters. The minimum Gasteiger partial charge on any atom is -0.385 e. The van der Waals surface area contributed by atoms with Crippen LogP contribution in [0.2, 0.25) is 0 Å². The Balaban J connectivity index is 2.65. The Morgan fingerprint density at radius 3 is 2.70 bits per heavy atom. The van der Waals surface area contributed by atoms with Crippen LogP contribution >= 0.6 is 0 Å². The van der Waals surface area contributed by atoms with E-state index < -0.39 is 11.6 Å². The molecule has 1 aliphatic carbocycles. The standard InChI is InChI=1S/C8H13NO/c1-8(9-2)6-4-3-5-7(8)10/h7,10H,3-6H2,1H3. The van der Waals surface area contributed by atoms with Crippen LogP contribution in [0.5, 0.6) is 0 Å². The summed E-state index contributed by atoms with van der Waals surface area (Å²) in [6.07, 6.45) is 3.44. The van der Waals surface area contributed by atoms with Crippen LogP contribution in [-0.2, 0) is 0 Å². The van der Waals surface area contributed by atoms with E-state index in [4.69, 9.17) is 6.57 Å². The summed E-state index contributed by atoms with van der Waals surface area (Å²) >= 11 is 0. The molecule has 2 unspecified atom stereocenters. The summed E-state index contributed by atoms with van der Waals surface area (Å²) in [5.41, 5.74) is -0.474. The first kappa shape index (κ1) is 7.56. The van der Waals surface area contributed by atoms with Crippen LogP contribution in [0.4, 0.5) is 0 Å². The summed E-state index contributed by atoms with van der Waals surface area (Å²) in [6.45, 7) is 8.74. The van der Waals surface area contributed by atoms with Crippen molar-refractivity contribution in [2.45, 2.75) is 44.2 Å². The third-order valence-corrected chi connectivity index (χ3v) is 2.38. The van der Waals surface area contributed by atoms with Gasteiger partial charge in [-0.2, -0.15) is 0 Å². The van der Waals surface area contributed by atoms with Gasteiger partial charge in [0.2, 0.25) is 0 Å². The van der Waals surface area contributed by atoms with E-state index >= 15 is 0 Å². The lowest BCUT2D eigenvalue weighted by molar-refractivity contribution is 0.0771. The predicted octanol–water partition coefficient (Wildman–Crippen LogP) is 1.60. The Hall–Kier alpha value is -0.550. The van der Waals surface area contributed by atoms with Gasteiger partial charge in [-0.1, -0.05) is 6.42 Å². The number of aliphatic hydroxyl groups excluding tert-OH is 1. The van der Waals surface area contributed by atoms with Crippen LogP contribution in [0.25, 0.3) is 4.85 Å². The zero-order valence-electron chi connectivity index (χ0n) is 6.30. The molecule has 10 heavy (non-hydrogen) atoms. The minimum absolute atomic E-state index is 0.390. The minimum atomic E-state index is -0.474. The van der Waals surface area contributed by atoms with E-state index in [1.165, 1.54) is 0 Å². The molecule has 0 aromatic rings. The van der Waals surface area contributed by atoms with Gasteiger partial charge in [0.25, 0.3) is 5.54 Å². The van der Waals surface area contributed by atoms with Crippen LogP contribution in [-0.4, -0.2) is 16.7 Å². The fourth-order valence-corrected chi connectivity index (χ4v) is 1.43. The van der Waals surface area contributed by atoms with Crippen LogP contribution < -0.4 is 0 Å². The maximum atomic E-state index is 9.41.